The van der Waals surface area contributed by atoms with Crippen molar-refractivity contribution in [3.05, 3.63) is 9.64 Å². The van der Waals surface area contributed by atoms with Gasteiger partial charge in [0, 0.05) is 16.1 Å². The summed E-state index contributed by atoms with van der Waals surface area (Å²) in [4.78, 5) is 4.54. The van der Waals surface area contributed by atoms with Crippen LogP contribution in [0.5, 0.6) is 0 Å². The molecule has 4 rings (SSSR count). The van der Waals surface area contributed by atoms with Gasteiger partial charge in [0.25, 0.3) is 0 Å². The van der Waals surface area contributed by atoms with Crippen molar-refractivity contribution in [2.45, 2.75) is 100 Å². The second-order valence-electron chi connectivity index (χ2n) is 13.5. The van der Waals surface area contributed by atoms with Crippen LogP contribution in [0.25, 0.3) is 0 Å². The summed E-state index contributed by atoms with van der Waals surface area (Å²) < 4.78 is 1.94. The Morgan fingerprint density at radius 1 is 0.500 bits per heavy atom. The summed E-state index contributed by atoms with van der Waals surface area (Å²) in [5.41, 5.74) is 0. The van der Waals surface area contributed by atoms with Crippen LogP contribution < -0.4 is 0 Å². The highest BCUT2D eigenvalue weighted by molar-refractivity contribution is 7.63. The van der Waals surface area contributed by atoms with Crippen LogP contribution in [0, 0.1) is 0 Å². The molecule has 0 nitrogen and oxygen atoms in total. The van der Waals surface area contributed by atoms with Crippen LogP contribution in [0.2, 0.25) is 100 Å². The topological polar surface area (TPSA) is 0 Å². The van der Waals surface area contributed by atoms with Crippen molar-refractivity contribution in [1.29, 1.82) is 0 Å². The zero-order valence-corrected chi connectivity index (χ0v) is 25.0. The van der Waals surface area contributed by atoms with E-state index in [0.29, 0.717) is 0 Å². The van der Waals surface area contributed by atoms with Gasteiger partial charge in [-0.1, -0.05) is 101 Å². The maximum atomic E-state index is 2.93. The van der Waals surface area contributed by atoms with Gasteiger partial charge in [0.15, 0.2) is 0 Å². The molecule has 0 radical (unpaired) electrons. The van der Waals surface area contributed by atoms with E-state index < -0.39 is 48.4 Å². The van der Waals surface area contributed by atoms with Crippen molar-refractivity contribution in [1.82, 2.24) is 0 Å². The Hall–Kier alpha value is 1.04. The fraction of sp³-hybridized carbons (Fsp3) is 0.889. The standard InChI is InChI=1S/C18H42Si6/c1-19(2,3)15-16(20(4,5)6)24(14)17(21(7,8)9)18(24,22(10,11)12)23(15,17)13/h1-14H3. The lowest BCUT2D eigenvalue weighted by Gasteiger charge is -2.40. The Morgan fingerprint density at radius 2 is 0.708 bits per heavy atom. The summed E-state index contributed by atoms with van der Waals surface area (Å²) in [6.07, 6.45) is 0. The van der Waals surface area contributed by atoms with Gasteiger partial charge in [0.05, 0.1) is 32.3 Å². The van der Waals surface area contributed by atoms with Crippen LogP contribution in [0.3, 0.4) is 0 Å². The van der Waals surface area contributed by atoms with Gasteiger partial charge in [-0.3, -0.25) is 0 Å². The Morgan fingerprint density at radius 3 is 0.833 bits per heavy atom. The summed E-state index contributed by atoms with van der Waals surface area (Å²) in [6, 6.07) is 0. The van der Waals surface area contributed by atoms with Crippen molar-refractivity contribution in [2.75, 3.05) is 0 Å². The highest BCUT2D eigenvalue weighted by atomic mass is 28.6. The van der Waals surface area contributed by atoms with Crippen molar-refractivity contribution in [3.63, 3.8) is 0 Å². The van der Waals surface area contributed by atoms with Crippen molar-refractivity contribution >= 4 is 48.4 Å². The van der Waals surface area contributed by atoms with Gasteiger partial charge in [-0.15, -0.1) is 0 Å². The van der Waals surface area contributed by atoms with E-state index in [4.69, 9.17) is 0 Å². The first kappa shape index (κ1) is 19.8. The molecule has 2 bridgehead atoms. The zero-order valence-electron chi connectivity index (χ0n) is 19.0. The third-order valence-corrected chi connectivity index (χ3v) is 57.9. The van der Waals surface area contributed by atoms with Crippen LogP contribution in [-0.2, 0) is 0 Å². The van der Waals surface area contributed by atoms with Gasteiger partial charge in [-0.05, 0) is 8.57 Å². The monoisotopic (exact) mass is 426 g/mol. The molecular formula is C18H42Si6. The number of hydrogen-bond acceptors (Lipinski definition) is 0. The van der Waals surface area contributed by atoms with Crippen molar-refractivity contribution in [2.24, 2.45) is 0 Å². The molecule has 4 heterocycles. The van der Waals surface area contributed by atoms with Crippen LogP contribution >= 0.6 is 0 Å². The highest BCUT2D eigenvalue weighted by Crippen LogP contribution is 3.14. The normalized spacial score (nSPS) is 44.8. The molecule has 0 saturated carbocycles. The third-order valence-electron chi connectivity index (χ3n) is 8.44. The van der Waals surface area contributed by atoms with Crippen LogP contribution in [-0.4, -0.2) is 48.4 Å². The Balaban J connectivity index is 2.41. The zero-order chi connectivity index (χ0) is 19.2. The van der Waals surface area contributed by atoms with E-state index in [-0.39, 0.29) is 0 Å². The largest absolute Gasteiger partial charge is 0.0986 e. The molecule has 0 aromatic carbocycles. The number of hydrogen-bond donors (Lipinski definition) is 0. The van der Waals surface area contributed by atoms with Gasteiger partial charge in [-0.25, -0.2) is 0 Å². The molecule has 2 saturated heterocycles. The van der Waals surface area contributed by atoms with E-state index in [9.17, 15) is 0 Å². The maximum Gasteiger partial charge on any atom is 0.0752 e. The van der Waals surface area contributed by atoms with Gasteiger partial charge in [-0.2, -0.15) is 0 Å². The van der Waals surface area contributed by atoms with E-state index in [0.717, 1.165) is 8.57 Å². The van der Waals surface area contributed by atoms with E-state index in [2.05, 4.69) is 101 Å². The summed E-state index contributed by atoms with van der Waals surface area (Å²) in [7, 11) is -7.18. The molecule has 6 heteroatoms. The number of rotatable bonds is 4. The minimum absolute atomic E-state index is 0.968. The summed E-state index contributed by atoms with van der Waals surface area (Å²) in [5.74, 6) is 0. The smallest absolute Gasteiger partial charge is 0.0752 e. The molecule has 2 fully saturated rings. The van der Waals surface area contributed by atoms with Crippen molar-refractivity contribution < 1.29 is 0 Å². The predicted octanol–water partition coefficient (Wildman–Crippen LogP) is 6.63. The van der Waals surface area contributed by atoms with Gasteiger partial charge >= 0.3 is 0 Å². The summed E-state index contributed by atoms with van der Waals surface area (Å²) >= 11 is 0. The van der Waals surface area contributed by atoms with E-state index in [1.165, 1.54) is 0 Å². The molecule has 4 aliphatic heterocycles. The quantitative estimate of drug-likeness (QED) is 0.442. The van der Waals surface area contributed by atoms with E-state index in [1.807, 2.05) is 0 Å². The molecule has 138 valence electrons. The second kappa shape index (κ2) is 4.21. The second-order valence-corrected chi connectivity index (χ2v) is 46.5. The fourth-order valence-corrected chi connectivity index (χ4v) is 97.1. The first-order valence-corrected chi connectivity index (χ1v) is 29.0. The predicted molar refractivity (Wildman–Crippen MR) is 129 cm³/mol. The molecule has 0 N–H and O–H groups in total. The SMILES string of the molecule is C[Si](C)(C)C1=C([Si](C)(C)C)[Si]2(C)C3([Si](C)(C)C)C2([Si](C)(C)C)[Si]13C. The Bertz CT molecular complexity index is 594. The lowest BCUT2D eigenvalue weighted by molar-refractivity contribution is 1.27. The van der Waals surface area contributed by atoms with Crippen LogP contribution in [0.1, 0.15) is 0 Å². The summed E-state index contributed by atoms with van der Waals surface area (Å²) in [5, 5.41) is 0. The Kier molecular flexibility index (Phi) is 3.47. The molecule has 0 amide bonds. The first-order chi connectivity index (χ1) is 10.2. The van der Waals surface area contributed by atoms with Crippen LogP contribution in [0.4, 0.5) is 0 Å². The molecule has 0 spiro atoms. The minimum atomic E-state index is -1.23. The average molecular weight is 427 g/mol. The van der Waals surface area contributed by atoms with E-state index >= 15 is 0 Å². The highest BCUT2D eigenvalue weighted by Gasteiger charge is 3.17. The minimum Gasteiger partial charge on any atom is -0.0986 e. The summed E-state index contributed by atoms with van der Waals surface area (Å²) in [6.45, 7) is 38.7. The molecule has 0 aliphatic carbocycles. The van der Waals surface area contributed by atoms with Gasteiger partial charge < -0.3 is 0 Å². The lowest BCUT2D eigenvalue weighted by atomic mass is 10.9. The van der Waals surface area contributed by atoms with Crippen LogP contribution in [0.15, 0.2) is 9.64 Å². The maximum absolute atomic E-state index is 2.93. The molecule has 4 aliphatic rings. The lowest BCUT2D eigenvalue weighted by Crippen LogP contribution is -2.55. The molecule has 0 aromatic rings. The average Bonchev–Trinajstić information content (AvgIpc) is 2.94. The fourth-order valence-electron chi connectivity index (χ4n) is 10.0. The molecule has 0 atom stereocenters. The third kappa shape index (κ3) is 1.44. The Labute approximate surface area is 158 Å². The molecule has 0 aromatic heterocycles. The van der Waals surface area contributed by atoms with Crippen molar-refractivity contribution in [3.8, 4) is 0 Å². The molecular weight excluding hydrogens is 385 g/mol. The van der Waals surface area contributed by atoms with Gasteiger partial charge in [0.2, 0.25) is 0 Å². The molecule has 0 unspecified atom stereocenters. The first-order valence-electron chi connectivity index (χ1n) is 10.0. The molecule has 24 heavy (non-hydrogen) atoms. The van der Waals surface area contributed by atoms with E-state index in [1.54, 1.807) is 0 Å². The van der Waals surface area contributed by atoms with Gasteiger partial charge in [0.1, 0.15) is 0 Å².